The van der Waals surface area contributed by atoms with Crippen LogP contribution < -0.4 is 19.1 Å². The molecule has 1 unspecified atom stereocenters. The van der Waals surface area contributed by atoms with E-state index in [0.717, 1.165) is 21.9 Å². The van der Waals surface area contributed by atoms with Gasteiger partial charge in [-0.3, -0.25) is 9.10 Å². The van der Waals surface area contributed by atoms with Crippen molar-refractivity contribution in [3.8, 4) is 22.9 Å². The summed E-state index contributed by atoms with van der Waals surface area (Å²) in [6.07, 6.45) is 0.809. The number of hydrogen-bond acceptors (Lipinski definition) is 8. The molecule has 0 aliphatic rings. The number of nitrogens with zero attached hydrogens (tertiary/aromatic N) is 3. The zero-order valence-corrected chi connectivity index (χ0v) is 20.3. The van der Waals surface area contributed by atoms with Gasteiger partial charge in [0.05, 0.1) is 25.1 Å². The van der Waals surface area contributed by atoms with E-state index in [1.54, 1.807) is 24.3 Å². The summed E-state index contributed by atoms with van der Waals surface area (Å²) < 4.78 is 40.9. The molecule has 0 fully saturated rings. The Morgan fingerprint density at radius 2 is 1.74 bits per heavy atom. The number of carbonyl (C=O) groups is 1. The van der Waals surface area contributed by atoms with Gasteiger partial charge in [0.2, 0.25) is 21.7 Å². The largest absolute Gasteiger partial charge is 0.494 e. The molecule has 11 heteroatoms. The summed E-state index contributed by atoms with van der Waals surface area (Å²) in [5, 5.41) is 6.70. The molecule has 3 aromatic rings. The molecule has 0 aliphatic carbocycles. The van der Waals surface area contributed by atoms with Crippen LogP contribution in [0.15, 0.2) is 53.1 Å². The summed E-state index contributed by atoms with van der Waals surface area (Å²) in [6, 6.07) is 13.8. The Morgan fingerprint density at radius 1 is 1.09 bits per heavy atom. The van der Waals surface area contributed by atoms with Crippen molar-refractivity contribution in [1.82, 2.24) is 15.5 Å². The van der Waals surface area contributed by atoms with Gasteiger partial charge >= 0.3 is 0 Å². The van der Waals surface area contributed by atoms with Crippen molar-refractivity contribution in [1.29, 1.82) is 0 Å². The minimum Gasteiger partial charge on any atom is -0.494 e. The van der Waals surface area contributed by atoms with Crippen LogP contribution in [-0.2, 0) is 21.4 Å². The number of nitrogens with one attached hydrogen (secondary N) is 1. The molecule has 34 heavy (non-hydrogen) atoms. The molecule has 2 aromatic carbocycles. The summed E-state index contributed by atoms with van der Waals surface area (Å²) in [4.78, 5) is 16.9. The maximum absolute atomic E-state index is 12.6. The van der Waals surface area contributed by atoms with E-state index in [0.29, 0.717) is 30.3 Å². The van der Waals surface area contributed by atoms with E-state index in [9.17, 15) is 13.2 Å². The highest BCUT2D eigenvalue weighted by molar-refractivity contribution is 7.92. The Kier molecular flexibility index (Phi) is 8.11. The number of hydrogen-bond donors (Lipinski definition) is 1. The molecule has 1 heterocycles. The first-order chi connectivity index (χ1) is 16.2. The van der Waals surface area contributed by atoms with Gasteiger partial charge in [0, 0.05) is 12.6 Å². The van der Waals surface area contributed by atoms with E-state index in [4.69, 9.17) is 14.0 Å². The fourth-order valence-corrected chi connectivity index (χ4v) is 3.50. The van der Waals surface area contributed by atoms with E-state index in [2.05, 4.69) is 15.5 Å². The van der Waals surface area contributed by atoms with Gasteiger partial charge in [-0.15, -0.1) is 0 Å². The SMILES string of the molecule is CCOc1ccc(-c2noc(CNC(=O)C(CC)Oc3ccc(N(C)S(C)(=O)=O)cc3)n2)cc1. The van der Waals surface area contributed by atoms with Crippen molar-refractivity contribution < 1.29 is 27.2 Å². The van der Waals surface area contributed by atoms with Crippen molar-refractivity contribution in [3.63, 3.8) is 0 Å². The Hall–Kier alpha value is -3.60. The van der Waals surface area contributed by atoms with Gasteiger partial charge in [0.1, 0.15) is 11.5 Å². The number of rotatable bonds is 11. The lowest BCUT2D eigenvalue weighted by Crippen LogP contribution is -2.37. The zero-order chi connectivity index (χ0) is 24.7. The second-order valence-corrected chi connectivity index (χ2v) is 9.44. The highest BCUT2D eigenvalue weighted by Crippen LogP contribution is 2.22. The third-order valence-electron chi connectivity index (χ3n) is 4.94. The second kappa shape index (κ2) is 11.0. The van der Waals surface area contributed by atoms with Crippen molar-refractivity contribution >= 4 is 21.6 Å². The molecule has 0 saturated carbocycles. The van der Waals surface area contributed by atoms with Crippen LogP contribution in [0.1, 0.15) is 26.2 Å². The first-order valence-electron chi connectivity index (χ1n) is 10.8. The summed E-state index contributed by atoms with van der Waals surface area (Å²) in [5.41, 5.74) is 1.26. The molecule has 182 valence electrons. The summed E-state index contributed by atoms with van der Waals surface area (Å²) in [6.45, 7) is 4.38. The molecule has 0 aliphatic heterocycles. The Balaban J connectivity index is 1.56. The molecule has 10 nitrogen and oxygen atoms in total. The van der Waals surface area contributed by atoms with Gasteiger partial charge in [-0.25, -0.2) is 8.42 Å². The van der Waals surface area contributed by atoms with Gasteiger partial charge in [0.25, 0.3) is 5.91 Å². The molecule has 1 atom stereocenters. The first-order valence-corrected chi connectivity index (χ1v) is 12.6. The standard InChI is InChI=1S/C23H28N4O6S/c1-5-20(32-19-13-9-17(10-14-19)27(3)34(4,29)30)23(28)24-15-21-25-22(26-33-21)16-7-11-18(12-8-16)31-6-2/h7-14,20H,5-6,15H2,1-4H3,(H,24,28). The highest BCUT2D eigenvalue weighted by atomic mass is 32.2. The Labute approximate surface area is 198 Å². The lowest BCUT2D eigenvalue weighted by atomic mass is 10.2. The molecule has 3 rings (SSSR count). The summed E-state index contributed by atoms with van der Waals surface area (Å²) >= 11 is 0. The van der Waals surface area contributed by atoms with Gasteiger partial charge in [-0.05, 0) is 61.9 Å². The number of ether oxygens (including phenoxy) is 2. The first kappa shape index (κ1) is 25.0. The van der Waals surface area contributed by atoms with Crippen LogP contribution in [0.25, 0.3) is 11.4 Å². The summed E-state index contributed by atoms with van der Waals surface area (Å²) in [5.74, 6) is 1.55. The number of anilines is 1. The van der Waals surface area contributed by atoms with E-state index in [1.165, 1.54) is 7.05 Å². The molecule has 1 aromatic heterocycles. The summed E-state index contributed by atoms with van der Waals surface area (Å²) in [7, 11) is -1.90. The maximum atomic E-state index is 12.6. The molecule has 1 N–H and O–H groups in total. The lowest BCUT2D eigenvalue weighted by molar-refractivity contribution is -0.128. The third kappa shape index (κ3) is 6.47. The second-order valence-electron chi connectivity index (χ2n) is 7.43. The van der Waals surface area contributed by atoms with Gasteiger partial charge in [-0.1, -0.05) is 12.1 Å². The lowest BCUT2D eigenvalue weighted by Gasteiger charge is -2.19. The van der Waals surface area contributed by atoms with Gasteiger partial charge in [-0.2, -0.15) is 4.98 Å². The number of amides is 1. The average Bonchev–Trinajstić information content (AvgIpc) is 3.30. The van der Waals surface area contributed by atoms with Crippen molar-refractivity contribution in [3.05, 3.63) is 54.4 Å². The van der Waals surface area contributed by atoms with Crippen LogP contribution >= 0.6 is 0 Å². The van der Waals surface area contributed by atoms with Crippen LogP contribution in [0.5, 0.6) is 11.5 Å². The molecular formula is C23H28N4O6S. The van der Waals surface area contributed by atoms with Crippen LogP contribution in [0.3, 0.4) is 0 Å². The van der Waals surface area contributed by atoms with Crippen LogP contribution in [-0.4, -0.2) is 50.5 Å². The number of carbonyl (C=O) groups excluding carboxylic acids is 1. The Morgan fingerprint density at radius 3 is 2.32 bits per heavy atom. The normalized spacial score (nSPS) is 12.1. The fraction of sp³-hybridized carbons (Fsp3) is 0.348. The quantitative estimate of drug-likeness (QED) is 0.437. The minimum atomic E-state index is -3.36. The van der Waals surface area contributed by atoms with Crippen molar-refractivity contribution in [2.45, 2.75) is 32.9 Å². The average molecular weight is 489 g/mol. The van der Waals surface area contributed by atoms with Crippen molar-refractivity contribution in [2.24, 2.45) is 0 Å². The molecule has 0 bridgehead atoms. The number of sulfonamides is 1. The predicted octanol–water partition coefficient (Wildman–Crippen LogP) is 3.00. The maximum Gasteiger partial charge on any atom is 0.261 e. The third-order valence-corrected chi connectivity index (χ3v) is 6.15. The van der Waals surface area contributed by atoms with Crippen LogP contribution in [0.2, 0.25) is 0 Å². The predicted molar refractivity (Wildman–Crippen MR) is 127 cm³/mol. The molecule has 0 radical (unpaired) electrons. The van der Waals surface area contributed by atoms with Gasteiger partial charge in [0.15, 0.2) is 6.10 Å². The molecule has 0 spiro atoms. The topological polar surface area (TPSA) is 124 Å². The van der Waals surface area contributed by atoms with E-state index in [1.807, 2.05) is 38.1 Å². The monoisotopic (exact) mass is 488 g/mol. The van der Waals surface area contributed by atoms with E-state index < -0.39 is 16.1 Å². The van der Waals surface area contributed by atoms with Crippen LogP contribution in [0.4, 0.5) is 5.69 Å². The number of aromatic nitrogens is 2. The Bertz CT molecular complexity index is 1190. The highest BCUT2D eigenvalue weighted by Gasteiger charge is 2.20. The van der Waals surface area contributed by atoms with E-state index in [-0.39, 0.29) is 18.3 Å². The molecular weight excluding hydrogens is 460 g/mol. The zero-order valence-electron chi connectivity index (χ0n) is 19.5. The minimum absolute atomic E-state index is 0.0564. The van der Waals surface area contributed by atoms with Crippen LogP contribution in [0, 0.1) is 0 Å². The van der Waals surface area contributed by atoms with Gasteiger partial charge < -0.3 is 19.3 Å². The smallest absolute Gasteiger partial charge is 0.261 e. The van der Waals surface area contributed by atoms with E-state index >= 15 is 0 Å². The molecule has 0 saturated heterocycles. The fourth-order valence-electron chi connectivity index (χ4n) is 3.00. The number of benzene rings is 2. The van der Waals surface area contributed by atoms with Crippen molar-refractivity contribution in [2.75, 3.05) is 24.2 Å². The molecule has 1 amide bonds.